The Morgan fingerprint density at radius 1 is 1.00 bits per heavy atom. The van der Waals surface area contributed by atoms with Crippen molar-refractivity contribution in [3.8, 4) is 6.07 Å². The van der Waals surface area contributed by atoms with E-state index in [9.17, 15) is 9.47 Å². The number of nitrogens with zero attached hydrogens (tertiary/aromatic N) is 1. The van der Waals surface area contributed by atoms with Crippen LogP contribution in [-0.4, -0.2) is 4.21 Å². The highest BCUT2D eigenvalue weighted by atomic mass is 35.5. The molecule has 0 saturated heterocycles. The number of nitrogens with two attached hydrogens (primary N) is 1. The van der Waals surface area contributed by atoms with Gasteiger partial charge in [0.05, 0.1) is 21.6 Å². The van der Waals surface area contributed by atoms with Gasteiger partial charge in [0.15, 0.2) is 0 Å². The predicted molar refractivity (Wildman–Crippen MR) is 123 cm³/mol. The van der Waals surface area contributed by atoms with Gasteiger partial charge in [-0.15, -0.1) is 0 Å². The number of halogens is 1. The lowest BCUT2D eigenvalue weighted by molar-refractivity contribution is 0.358. The van der Waals surface area contributed by atoms with E-state index in [2.05, 4.69) is 6.07 Å². The molecule has 0 unspecified atom stereocenters. The summed E-state index contributed by atoms with van der Waals surface area (Å²) in [6.07, 6.45) is 0. The van der Waals surface area contributed by atoms with Crippen molar-refractivity contribution in [3.05, 3.63) is 117 Å². The SMILES string of the molecule is Cc1ccc([S@](=O)C2=C(c3ccccc3)OC(N)=C(C#N)[C@H]2c2ccc(Cl)cc2)cc1. The maximum Gasteiger partial charge on any atom is 0.205 e. The van der Waals surface area contributed by atoms with Crippen LogP contribution < -0.4 is 5.73 Å². The van der Waals surface area contributed by atoms with Crippen LogP contribution in [0.25, 0.3) is 5.76 Å². The van der Waals surface area contributed by atoms with E-state index in [0.717, 1.165) is 16.7 Å². The molecule has 154 valence electrons. The van der Waals surface area contributed by atoms with E-state index in [1.54, 1.807) is 12.1 Å². The number of hydrogen-bond acceptors (Lipinski definition) is 4. The molecule has 6 heteroatoms. The van der Waals surface area contributed by atoms with Crippen molar-refractivity contribution < 1.29 is 8.95 Å². The van der Waals surface area contributed by atoms with Crippen molar-refractivity contribution in [2.75, 3.05) is 0 Å². The quantitative estimate of drug-likeness (QED) is 0.563. The molecule has 0 radical (unpaired) electrons. The van der Waals surface area contributed by atoms with Crippen LogP contribution in [0.1, 0.15) is 22.6 Å². The zero-order chi connectivity index (χ0) is 22.0. The summed E-state index contributed by atoms with van der Waals surface area (Å²) in [6.45, 7) is 1.97. The fourth-order valence-electron chi connectivity index (χ4n) is 3.48. The lowest BCUT2D eigenvalue weighted by Crippen LogP contribution is -2.22. The van der Waals surface area contributed by atoms with Gasteiger partial charge in [-0.25, -0.2) is 4.21 Å². The summed E-state index contributed by atoms with van der Waals surface area (Å²) < 4.78 is 19.8. The van der Waals surface area contributed by atoms with Crippen molar-refractivity contribution in [2.24, 2.45) is 5.73 Å². The smallest absolute Gasteiger partial charge is 0.205 e. The van der Waals surface area contributed by atoms with Gasteiger partial charge in [-0.05, 0) is 36.8 Å². The molecule has 2 N–H and O–H groups in total. The molecule has 0 bridgehead atoms. The van der Waals surface area contributed by atoms with Gasteiger partial charge in [-0.2, -0.15) is 5.26 Å². The Hall–Kier alpha value is -3.33. The summed E-state index contributed by atoms with van der Waals surface area (Å²) in [4.78, 5) is 1.09. The van der Waals surface area contributed by atoms with Crippen LogP contribution in [0.15, 0.2) is 100 Å². The van der Waals surface area contributed by atoms with Gasteiger partial charge in [0.25, 0.3) is 0 Å². The van der Waals surface area contributed by atoms with E-state index < -0.39 is 16.7 Å². The van der Waals surface area contributed by atoms with Crippen LogP contribution >= 0.6 is 11.6 Å². The zero-order valence-electron chi connectivity index (χ0n) is 16.7. The third-order valence-electron chi connectivity index (χ3n) is 5.05. The summed E-state index contributed by atoms with van der Waals surface area (Å²) >= 11 is 6.09. The molecule has 3 aromatic carbocycles. The average Bonchev–Trinajstić information content (AvgIpc) is 2.79. The summed E-state index contributed by atoms with van der Waals surface area (Å²) in [5.74, 6) is -0.227. The summed E-state index contributed by atoms with van der Waals surface area (Å²) in [6, 6.07) is 26.1. The first-order valence-corrected chi connectivity index (χ1v) is 11.1. The normalized spacial score (nSPS) is 17.1. The van der Waals surface area contributed by atoms with E-state index in [1.807, 2.05) is 73.7 Å². The van der Waals surface area contributed by atoms with Crippen LogP contribution in [0.4, 0.5) is 0 Å². The van der Waals surface area contributed by atoms with Gasteiger partial charge < -0.3 is 10.5 Å². The Labute approximate surface area is 188 Å². The van der Waals surface area contributed by atoms with Crippen molar-refractivity contribution in [2.45, 2.75) is 17.7 Å². The molecule has 0 fully saturated rings. The van der Waals surface area contributed by atoms with Gasteiger partial charge in [-0.1, -0.05) is 71.8 Å². The fourth-order valence-corrected chi connectivity index (χ4v) is 5.04. The van der Waals surface area contributed by atoms with E-state index in [1.165, 1.54) is 0 Å². The summed E-state index contributed by atoms with van der Waals surface area (Å²) in [5.41, 5.74) is 8.95. The number of rotatable bonds is 4. The molecule has 0 aromatic heterocycles. The van der Waals surface area contributed by atoms with E-state index in [0.29, 0.717) is 20.6 Å². The first-order valence-electron chi connectivity index (χ1n) is 9.60. The molecule has 3 aromatic rings. The number of nitriles is 1. The standard InChI is InChI=1S/C25H19ClN2O2S/c1-16-7-13-20(14-8-16)31(29)24-22(17-9-11-19(26)12-10-17)21(15-27)25(28)30-23(24)18-5-3-2-4-6-18/h2-14,22H,28H2,1H3/t22-,31+/m1/s1. The monoisotopic (exact) mass is 446 g/mol. The number of benzene rings is 3. The minimum Gasteiger partial charge on any atom is -0.439 e. The molecule has 31 heavy (non-hydrogen) atoms. The van der Waals surface area contributed by atoms with Gasteiger partial charge >= 0.3 is 0 Å². The highest BCUT2D eigenvalue weighted by Gasteiger charge is 2.37. The second-order valence-electron chi connectivity index (χ2n) is 7.12. The molecule has 0 spiro atoms. The van der Waals surface area contributed by atoms with Crippen molar-refractivity contribution in [3.63, 3.8) is 0 Å². The van der Waals surface area contributed by atoms with Crippen LogP contribution in [0.2, 0.25) is 5.02 Å². The molecule has 2 atom stereocenters. The van der Waals surface area contributed by atoms with E-state index in [4.69, 9.17) is 22.1 Å². The molecular weight excluding hydrogens is 428 g/mol. The highest BCUT2D eigenvalue weighted by Crippen LogP contribution is 2.45. The molecule has 1 aliphatic heterocycles. The topological polar surface area (TPSA) is 76.1 Å². The third kappa shape index (κ3) is 4.13. The Kier molecular flexibility index (Phi) is 5.94. The number of aryl methyl sites for hydroxylation is 1. The van der Waals surface area contributed by atoms with Gasteiger partial charge in [0.2, 0.25) is 5.88 Å². The highest BCUT2D eigenvalue weighted by molar-refractivity contribution is 7.89. The molecular formula is C25H19ClN2O2S. The molecule has 0 aliphatic carbocycles. The molecule has 1 aliphatic rings. The molecule has 4 rings (SSSR count). The molecule has 0 amide bonds. The van der Waals surface area contributed by atoms with Crippen LogP contribution in [0.5, 0.6) is 0 Å². The second-order valence-corrected chi connectivity index (χ2v) is 9.00. The van der Waals surface area contributed by atoms with Crippen LogP contribution in [-0.2, 0) is 15.5 Å². The Morgan fingerprint density at radius 2 is 1.65 bits per heavy atom. The Balaban J connectivity index is 1.99. The first kappa shape index (κ1) is 20.9. The largest absolute Gasteiger partial charge is 0.439 e. The average molecular weight is 447 g/mol. The number of hydrogen-bond donors (Lipinski definition) is 1. The van der Waals surface area contributed by atoms with Gasteiger partial charge in [-0.3, -0.25) is 0 Å². The van der Waals surface area contributed by atoms with Crippen LogP contribution in [0, 0.1) is 18.3 Å². The number of ether oxygens (including phenoxy) is 1. The predicted octanol–water partition coefficient (Wildman–Crippen LogP) is 5.63. The lowest BCUT2D eigenvalue weighted by atomic mass is 9.88. The summed E-state index contributed by atoms with van der Waals surface area (Å²) in [7, 11) is -1.60. The maximum absolute atomic E-state index is 13.9. The van der Waals surface area contributed by atoms with Crippen LogP contribution in [0.3, 0.4) is 0 Å². The first-order chi connectivity index (χ1) is 15.0. The molecule has 1 heterocycles. The second kappa shape index (κ2) is 8.81. The third-order valence-corrected chi connectivity index (χ3v) is 6.82. The summed E-state index contributed by atoms with van der Waals surface area (Å²) in [5, 5.41) is 10.5. The maximum atomic E-state index is 13.9. The minimum absolute atomic E-state index is 0.00552. The fraction of sp³-hybridized carbons (Fsp3) is 0.0800. The number of allylic oxidation sites excluding steroid dienone is 2. The molecule has 0 saturated carbocycles. The van der Waals surface area contributed by atoms with Crippen molar-refractivity contribution in [1.82, 2.24) is 0 Å². The van der Waals surface area contributed by atoms with Crippen molar-refractivity contribution >= 4 is 28.2 Å². The Bertz CT molecular complexity index is 1240. The van der Waals surface area contributed by atoms with E-state index >= 15 is 0 Å². The van der Waals surface area contributed by atoms with Gasteiger partial charge in [0, 0.05) is 15.5 Å². The lowest BCUT2D eigenvalue weighted by Gasteiger charge is -2.29. The minimum atomic E-state index is -1.60. The van der Waals surface area contributed by atoms with Crippen molar-refractivity contribution in [1.29, 1.82) is 5.26 Å². The Morgan fingerprint density at radius 3 is 2.26 bits per heavy atom. The zero-order valence-corrected chi connectivity index (χ0v) is 18.3. The van der Waals surface area contributed by atoms with Gasteiger partial charge in [0.1, 0.15) is 17.4 Å². The molecule has 4 nitrogen and oxygen atoms in total. The van der Waals surface area contributed by atoms with E-state index in [-0.39, 0.29) is 11.5 Å².